The summed E-state index contributed by atoms with van der Waals surface area (Å²) in [6.45, 7) is 4.07. The van der Waals surface area contributed by atoms with Gasteiger partial charge in [0, 0.05) is 44.4 Å². The highest BCUT2D eigenvalue weighted by atomic mass is 35.5. The minimum atomic E-state index is -0.527. The van der Waals surface area contributed by atoms with Crippen LogP contribution in [0, 0.1) is 11.3 Å². The number of nitriles is 1. The first-order valence-corrected chi connectivity index (χ1v) is 11.5. The number of benzene rings is 1. The van der Waals surface area contributed by atoms with Crippen molar-refractivity contribution < 1.29 is 14.6 Å². The Balaban J connectivity index is 0.00000180. The predicted octanol–water partition coefficient (Wildman–Crippen LogP) is 2.11. The summed E-state index contributed by atoms with van der Waals surface area (Å²) in [6.07, 6.45) is 1.94. The van der Waals surface area contributed by atoms with Crippen LogP contribution in [0.1, 0.15) is 17.7 Å². The number of halogens is 2. The number of ether oxygens (including phenoxy) is 2. The summed E-state index contributed by atoms with van der Waals surface area (Å²) >= 11 is 0. The van der Waals surface area contributed by atoms with Gasteiger partial charge in [0.15, 0.2) is 11.5 Å². The van der Waals surface area contributed by atoms with E-state index in [9.17, 15) is 15.2 Å². The monoisotopic (exact) mass is 533 g/mol. The van der Waals surface area contributed by atoms with Crippen LogP contribution in [0.2, 0.25) is 0 Å². The maximum absolute atomic E-state index is 12.5. The number of nitrogens with one attached hydrogen (secondary N) is 1. The number of fused-ring (bicyclic) bond motifs is 2. The minimum Gasteiger partial charge on any atom is -0.486 e. The zero-order valence-corrected chi connectivity index (χ0v) is 21.3. The number of β-amino-alcohol motifs (C(OH)–C–C–N with tert-alkyl or cyclic N) is 1. The molecule has 2 atom stereocenters. The lowest BCUT2D eigenvalue weighted by atomic mass is 10.0. The molecule has 4 heterocycles. The maximum atomic E-state index is 12.5. The molecule has 36 heavy (non-hydrogen) atoms. The maximum Gasteiger partial charge on any atom is 0.251 e. The van der Waals surface area contributed by atoms with E-state index in [-0.39, 0.29) is 36.4 Å². The molecule has 11 heteroatoms. The van der Waals surface area contributed by atoms with Crippen LogP contribution in [-0.2, 0) is 13.1 Å². The SMILES string of the molecule is Cl.Cl.N#Cc1ccc2ccc(=O)n(CCN3CC[C@@H](NCc4cc5c(cn4)OCCO5)[C@@H](O)C3)c2c1. The molecule has 9 nitrogen and oxygen atoms in total. The number of aliphatic hydroxyl groups is 1. The number of rotatable bonds is 6. The normalized spacial score (nSPS) is 19.1. The second kappa shape index (κ2) is 12.4. The van der Waals surface area contributed by atoms with Crippen molar-refractivity contribution in [3.05, 3.63) is 64.2 Å². The van der Waals surface area contributed by atoms with Crippen molar-refractivity contribution in [1.82, 2.24) is 19.8 Å². The van der Waals surface area contributed by atoms with E-state index in [0.29, 0.717) is 56.5 Å². The fraction of sp³-hybridized carbons (Fsp3) is 0.400. The molecule has 0 unspecified atom stereocenters. The highest BCUT2D eigenvalue weighted by molar-refractivity contribution is 5.85. The van der Waals surface area contributed by atoms with E-state index in [2.05, 4.69) is 21.3 Å². The fourth-order valence-electron chi connectivity index (χ4n) is 4.59. The summed E-state index contributed by atoms with van der Waals surface area (Å²) in [6, 6.07) is 12.7. The first kappa shape index (κ1) is 27.7. The molecule has 0 bridgehead atoms. The zero-order chi connectivity index (χ0) is 23.5. The Morgan fingerprint density at radius 3 is 2.67 bits per heavy atom. The molecule has 3 aromatic rings. The largest absolute Gasteiger partial charge is 0.486 e. The molecule has 1 saturated heterocycles. The lowest BCUT2D eigenvalue weighted by molar-refractivity contribution is 0.0384. The van der Waals surface area contributed by atoms with Gasteiger partial charge in [-0.05, 0) is 36.6 Å². The number of hydrogen-bond donors (Lipinski definition) is 2. The summed E-state index contributed by atoms with van der Waals surface area (Å²) in [5, 5.41) is 24.3. The van der Waals surface area contributed by atoms with Crippen LogP contribution in [0.15, 0.2) is 47.4 Å². The average molecular weight is 534 g/mol. The summed E-state index contributed by atoms with van der Waals surface area (Å²) in [4.78, 5) is 19.1. The van der Waals surface area contributed by atoms with Crippen molar-refractivity contribution in [1.29, 1.82) is 5.26 Å². The molecule has 1 aromatic carbocycles. The Morgan fingerprint density at radius 1 is 1.11 bits per heavy atom. The third-order valence-corrected chi connectivity index (χ3v) is 6.46. The Hall–Kier alpha value is -2.87. The number of likely N-dealkylation sites (tertiary alicyclic amines) is 1. The molecule has 0 saturated carbocycles. The fourth-order valence-corrected chi connectivity index (χ4v) is 4.59. The third-order valence-electron chi connectivity index (χ3n) is 6.46. The van der Waals surface area contributed by atoms with Crippen LogP contribution in [0.5, 0.6) is 11.5 Å². The zero-order valence-electron chi connectivity index (χ0n) is 19.6. The molecule has 1 fully saturated rings. The van der Waals surface area contributed by atoms with E-state index in [1.807, 2.05) is 12.1 Å². The molecule has 5 rings (SSSR count). The number of pyridine rings is 2. The van der Waals surface area contributed by atoms with Crippen LogP contribution in [0.3, 0.4) is 0 Å². The summed E-state index contributed by atoms with van der Waals surface area (Å²) < 4.78 is 12.8. The average Bonchev–Trinajstić information content (AvgIpc) is 2.87. The molecule has 192 valence electrons. The molecular weight excluding hydrogens is 505 g/mol. The van der Waals surface area contributed by atoms with E-state index >= 15 is 0 Å². The summed E-state index contributed by atoms with van der Waals surface area (Å²) in [5.41, 5.74) is 2.04. The Kier molecular flexibility index (Phi) is 9.54. The van der Waals surface area contributed by atoms with Crippen LogP contribution in [0.25, 0.3) is 10.9 Å². The molecule has 0 radical (unpaired) electrons. The van der Waals surface area contributed by atoms with Gasteiger partial charge < -0.3 is 24.5 Å². The van der Waals surface area contributed by atoms with Crippen molar-refractivity contribution in [2.45, 2.75) is 31.7 Å². The highest BCUT2D eigenvalue weighted by Crippen LogP contribution is 2.29. The number of piperidine rings is 1. The predicted molar refractivity (Wildman–Crippen MR) is 140 cm³/mol. The molecule has 2 aliphatic rings. The van der Waals surface area contributed by atoms with Gasteiger partial charge in [-0.15, -0.1) is 24.8 Å². The molecule has 0 amide bonds. The number of nitrogens with zero attached hydrogens (tertiary/aromatic N) is 4. The first-order chi connectivity index (χ1) is 16.6. The van der Waals surface area contributed by atoms with Crippen molar-refractivity contribution in [3.63, 3.8) is 0 Å². The molecule has 0 aliphatic carbocycles. The van der Waals surface area contributed by atoms with Gasteiger partial charge in [0.1, 0.15) is 13.2 Å². The van der Waals surface area contributed by atoms with Crippen molar-refractivity contribution in [2.75, 3.05) is 32.8 Å². The van der Waals surface area contributed by atoms with Gasteiger partial charge in [-0.1, -0.05) is 6.07 Å². The van der Waals surface area contributed by atoms with E-state index < -0.39 is 6.10 Å². The van der Waals surface area contributed by atoms with Crippen molar-refractivity contribution in [3.8, 4) is 17.6 Å². The van der Waals surface area contributed by atoms with E-state index in [1.165, 1.54) is 0 Å². The van der Waals surface area contributed by atoms with Gasteiger partial charge in [0.05, 0.1) is 35.1 Å². The van der Waals surface area contributed by atoms with Gasteiger partial charge in [0.2, 0.25) is 0 Å². The number of hydrogen-bond acceptors (Lipinski definition) is 8. The van der Waals surface area contributed by atoms with Crippen LogP contribution in [-0.4, -0.2) is 64.6 Å². The molecule has 2 N–H and O–H groups in total. The molecule has 2 aliphatic heterocycles. The van der Waals surface area contributed by atoms with E-state index in [1.54, 1.807) is 35.0 Å². The van der Waals surface area contributed by atoms with E-state index in [4.69, 9.17) is 9.47 Å². The van der Waals surface area contributed by atoms with Gasteiger partial charge in [0.25, 0.3) is 5.56 Å². The van der Waals surface area contributed by atoms with Gasteiger partial charge in [-0.25, -0.2) is 0 Å². The number of aliphatic hydroxyl groups excluding tert-OH is 1. The van der Waals surface area contributed by atoms with E-state index in [0.717, 1.165) is 29.6 Å². The Labute approximate surface area is 221 Å². The summed E-state index contributed by atoms with van der Waals surface area (Å²) in [5.74, 6) is 1.37. The lowest BCUT2D eigenvalue weighted by Crippen LogP contribution is -2.53. The second-order valence-electron chi connectivity index (χ2n) is 8.67. The molecular formula is C25H29Cl2N5O4. The standard InChI is InChI=1S/C25H27N5O4.2ClH/c26-13-17-1-2-18-3-4-25(32)30(21(18)11-17)8-7-29-6-5-20(22(31)16-29)28-14-19-12-23-24(15-27-19)34-10-9-33-23;;/h1-4,11-12,15,20,22,28,31H,5-10,14,16H2;2*1H/t20-,22+;;/m1../s1. The third kappa shape index (κ3) is 6.09. The van der Waals surface area contributed by atoms with Gasteiger partial charge in [-0.2, -0.15) is 5.26 Å². The van der Waals surface area contributed by atoms with Crippen LogP contribution < -0.4 is 20.3 Å². The molecule has 2 aromatic heterocycles. The van der Waals surface area contributed by atoms with Crippen molar-refractivity contribution in [2.24, 2.45) is 0 Å². The van der Waals surface area contributed by atoms with Crippen LogP contribution >= 0.6 is 24.8 Å². The number of aromatic nitrogens is 2. The minimum absolute atomic E-state index is 0. The Bertz CT molecular complexity index is 1300. The lowest BCUT2D eigenvalue weighted by Gasteiger charge is -2.36. The van der Waals surface area contributed by atoms with Gasteiger partial charge in [-0.3, -0.25) is 14.7 Å². The van der Waals surface area contributed by atoms with Crippen molar-refractivity contribution >= 4 is 35.7 Å². The van der Waals surface area contributed by atoms with Crippen LogP contribution in [0.4, 0.5) is 0 Å². The smallest absolute Gasteiger partial charge is 0.251 e. The summed E-state index contributed by atoms with van der Waals surface area (Å²) in [7, 11) is 0. The highest BCUT2D eigenvalue weighted by Gasteiger charge is 2.27. The quantitative estimate of drug-likeness (QED) is 0.495. The second-order valence-corrected chi connectivity index (χ2v) is 8.67. The first-order valence-electron chi connectivity index (χ1n) is 11.5. The topological polar surface area (TPSA) is 113 Å². The van der Waals surface area contributed by atoms with Gasteiger partial charge >= 0.3 is 0 Å². The Morgan fingerprint density at radius 2 is 1.89 bits per heavy atom. The molecule has 0 spiro atoms.